The number of fused-ring (bicyclic) bond motifs is 1. The molecule has 2 aromatic rings. The van der Waals surface area contributed by atoms with Crippen LogP contribution >= 0.6 is 0 Å². The van der Waals surface area contributed by atoms with E-state index in [1.807, 2.05) is 12.3 Å². The highest BCUT2D eigenvalue weighted by Crippen LogP contribution is 2.38. The molecule has 0 saturated carbocycles. The highest BCUT2D eigenvalue weighted by Gasteiger charge is 2.44. The molecular weight excluding hydrogens is 288 g/mol. The molecule has 4 nitrogen and oxygen atoms in total. The van der Waals surface area contributed by atoms with E-state index in [2.05, 4.69) is 40.1 Å². The third kappa shape index (κ3) is 2.94. The van der Waals surface area contributed by atoms with Gasteiger partial charge in [-0.05, 0) is 11.6 Å². The molecule has 0 spiro atoms. The van der Waals surface area contributed by atoms with Crippen molar-refractivity contribution >= 4 is 0 Å². The number of hydrogen-bond acceptors (Lipinski definition) is 4. The van der Waals surface area contributed by atoms with Gasteiger partial charge in [-0.25, -0.2) is 0 Å². The topological polar surface area (TPSA) is 39.9 Å². The molecular formula is C19H24N2O2. The molecule has 2 saturated heterocycles. The SMILES string of the molecule is OC[C@@H]1[C@H]2CN(Cc3ccoc3)CCN2C[C@H]1c1ccccc1. The third-order valence-electron chi connectivity index (χ3n) is 5.48. The third-order valence-corrected chi connectivity index (χ3v) is 5.48. The molecule has 1 aromatic heterocycles. The first-order valence-electron chi connectivity index (χ1n) is 8.48. The summed E-state index contributed by atoms with van der Waals surface area (Å²) in [5.41, 5.74) is 2.60. The number of benzene rings is 1. The molecule has 122 valence electrons. The number of furan rings is 1. The van der Waals surface area contributed by atoms with Gasteiger partial charge in [0.25, 0.3) is 0 Å². The lowest BCUT2D eigenvalue weighted by Crippen LogP contribution is -2.51. The van der Waals surface area contributed by atoms with E-state index in [0.717, 1.165) is 32.7 Å². The van der Waals surface area contributed by atoms with Gasteiger partial charge in [0, 0.05) is 62.8 Å². The lowest BCUT2D eigenvalue weighted by molar-refractivity contribution is 0.0674. The first-order valence-corrected chi connectivity index (χ1v) is 8.48. The Kier molecular flexibility index (Phi) is 4.21. The van der Waals surface area contributed by atoms with Crippen molar-refractivity contribution in [2.45, 2.75) is 18.5 Å². The summed E-state index contributed by atoms with van der Waals surface area (Å²) < 4.78 is 5.18. The Morgan fingerprint density at radius 2 is 1.96 bits per heavy atom. The van der Waals surface area contributed by atoms with E-state index in [9.17, 15) is 5.11 Å². The Labute approximate surface area is 137 Å². The van der Waals surface area contributed by atoms with Crippen LogP contribution in [0, 0.1) is 5.92 Å². The van der Waals surface area contributed by atoms with Gasteiger partial charge in [0.1, 0.15) is 0 Å². The Balaban J connectivity index is 1.49. The molecule has 0 radical (unpaired) electrons. The van der Waals surface area contributed by atoms with Crippen LogP contribution in [0.25, 0.3) is 0 Å². The zero-order chi connectivity index (χ0) is 15.6. The van der Waals surface area contributed by atoms with Gasteiger partial charge in [-0.1, -0.05) is 30.3 Å². The van der Waals surface area contributed by atoms with Gasteiger partial charge in [0.05, 0.1) is 12.5 Å². The van der Waals surface area contributed by atoms with E-state index < -0.39 is 0 Å². The molecule has 3 atom stereocenters. The quantitative estimate of drug-likeness (QED) is 0.939. The van der Waals surface area contributed by atoms with Gasteiger partial charge < -0.3 is 9.52 Å². The maximum atomic E-state index is 10.0. The lowest BCUT2D eigenvalue weighted by atomic mass is 9.85. The van der Waals surface area contributed by atoms with E-state index >= 15 is 0 Å². The molecule has 0 aliphatic carbocycles. The Morgan fingerprint density at radius 1 is 1.09 bits per heavy atom. The van der Waals surface area contributed by atoms with E-state index in [1.165, 1.54) is 11.1 Å². The van der Waals surface area contributed by atoms with Crippen LogP contribution in [0.4, 0.5) is 0 Å². The second-order valence-corrected chi connectivity index (χ2v) is 6.79. The molecule has 23 heavy (non-hydrogen) atoms. The van der Waals surface area contributed by atoms with E-state index in [-0.39, 0.29) is 6.61 Å². The molecule has 1 aromatic carbocycles. The predicted molar refractivity (Wildman–Crippen MR) is 89.1 cm³/mol. The van der Waals surface area contributed by atoms with Crippen LogP contribution in [0.15, 0.2) is 53.3 Å². The summed E-state index contributed by atoms with van der Waals surface area (Å²) >= 11 is 0. The van der Waals surface area contributed by atoms with Gasteiger partial charge >= 0.3 is 0 Å². The van der Waals surface area contributed by atoms with Crippen LogP contribution < -0.4 is 0 Å². The van der Waals surface area contributed by atoms with Crippen LogP contribution in [0.2, 0.25) is 0 Å². The smallest absolute Gasteiger partial charge is 0.0947 e. The first kappa shape index (κ1) is 14.9. The second-order valence-electron chi connectivity index (χ2n) is 6.79. The van der Waals surface area contributed by atoms with Crippen molar-refractivity contribution in [2.75, 3.05) is 32.8 Å². The van der Waals surface area contributed by atoms with Crippen LogP contribution in [0.5, 0.6) is 0 Å². The van der Waals surface area contributed by atoms with Crippen LogP contribution in [0.1, 0.15) is 17.0 Å². The summed E-state index contributed by atoms with van der Waals surface area (Å²) in [5.74, 6) is 0.768. The standard InChI is InChI=1S/C19H24N2O2/c22-13-18-17(16-4-2-1-3-5-16)11-21-8-7-20(12-19(18)21)10-15-6-9-23-14-15/h1-6,9,14,17-19,22H,7-8,10-13H2/t17-,18-,19+/m0/s1. The monoisotopic (exact) mass is 312 g/mol. The first-order chi connectivity index (χ1) is 11.3. The van der Waals surface area contributed by atoms with Gasteiger partial charge in [-0.3, -0.25) is 9.80 Å². The summed E-state index contributed by atoms with van der Waals surface area (Å²) in [5, 5.41) is 10.0. The van der Waals surface area contributed by atoms with Crippen molar-refractivity contribution in [1.82, 2.24) is 9.80 Å². The molecule has 2 fully saturated rings. The van der Waals surface area contributed by atoms with Crippen LogP contribution in [0.3, 0.4) is 0 Å². The average molecular weight is 312 g/mol. The van der Waals surface area contributed by atoms with E-state index in [1.54, 1.807) is 6.26 Å². The maximum absolute atomic E-state index is 10.0. The number of nitrogens with zero attached hydrogens (tertiary/aromatic N) is 2. The number of hydrogen-bond donors (Lipinski definition) is 1. The Bertz CT molecular complexity index is 614. The molecule has 0 unspecified atom stereocenters. The molecule has 4 rings (SSSR count). The van der Waals surface area contributed by atoms with Crippen molar-refractivity contribution in [2.24, 2.45) is 5.92 Å². The highest BCUT2D eigenvalue weighted by atomic mass is 16.3. The summed E-state index contributed by atoms with van der Waals surface area (Å²) in [6.07, 6.45) is 3.57. The summed E-state index contributed by atoms with van der Waals surface area (Å²) in [6, 6.07) is 13.2. The number of aliphatic hydroxyl groups excluding tert-OH is 1. The van der Waals surface area contributed by atoms with Gasteiger partial charge in [-0.2, -0.15) is 0 Å². The summed E-state index contributed by atoms with van der Waals surface area (Å²) in [4.78, 5) is 5.06. The fraction of sp³-hybridized carbons (Fsp3) is 0.474. The minimum absolute atomic E-state index is 0.264. The number of aliphatic hydroxyl groups is 1. The van der Waals surface area contributed by atoms with Crippen molar-refractivity contribution in [1.29, 1.82) is 0 Å². The minimum Gasteiger partial charge on any atom is -0.472 e. The Hall–Kier alpha value is -1.62. The van der Waals surface area contributed by atoms with Gasteiger partial charge in [0.2, 0.25) is 0 Å². The van der Waals surface area contributed by atoms with Crippen molar-refractivity contribution < 1.29 is 9.52 Å². The largest absolute Gasteiger partial charge is 0.472 e. The molecule has 0 amide bonds. The lowest BCUT2D eigenvalue weighted by Gasteiger charge is -2.39. The average Bonchev–Trinajstić information content (AvgIpc) is 3.22. The van der Waals surface area contributed by atoms with Gasteiger partial charge in [0.15, 0.2) is 0 Å². The highest BCUT2D eigenvalue weighted by molar-refractivity contribution is 5.24. The fourth-order valence-electron chi connectivity index (χ4n) is 4.28. The zero-order valence-corrected chi connectivity index (χ0v) is 13.3. The summed E-state index contributed by atoms with van der Waals surface area (Å²) in [6.45, 7) is 5.47. The molecule has 3 heterocycles. The van der Waals surface area contributed by atoms with E-state index in [0.29, 0.717) is 17.9 Å². The normalized spacial score (nSPS) is 28.8. The Morgan fingerprint density at radius 3 is 2.70 bits per heavy atom. The molecule has 2 aliphatic rings. The second kappa shape index (κ2) is 6.48. The molecule has 0 bridgehead atoms. The van der Waals surface area contributed by atoms with Gasteiger partial charge in [-0.15, -0.1) is 0 Å². The van der Waals surface area contributed by atoms with Crippen molar-refractivity contribution in [3.05, 3.63) is 60.1 Å². The minimum atomic E-state index is 0.264. The fourth-order valence-corrected chi connectivity index (χ4v) is 4.28. The number of piperazine rings is 1. The predicted octanol–water partition coefficient (Wildman–Crippen LogP) is 2.17. The zero-order valence-electron chi connectivity index (χ0n) is 13.3. The molecule has 1 N–H and O–H groups in total. The van der Waals surface area contributed by atoms with Crippen molar-refractivity contribution in [3.63, 3.8) is 0 Å². The number of rotatable bonds is 4. The maximum Gasteiger partial charge on any atom is 0.0947 e. The van der Waals surface area contributed by atoms with Crippen LogP contribution in [-0.4, -0.2) is 53.7 Å². The molecule has 4 heteroatoms. The van der Waals surface area contributed by atoms with Crippen molar-refractivity contribution in [3.8, 4) is 0 Å². The van der Waals surface area contributed by atoms with E-state index in [4.69, 9.17) is 4.42 Å². The summed E-state index contributed by atoms with van der Waals surface area (Å²) in [7, 11) is 0. The van der Waals surface area contributed by atoms with Crippen LogP contribution in [-0.2, 0) is 6.54 Å². The molecule has 2 aliphatic heterocycles.